The fourth-order valence-electron chi connectivity index (χ4n) is 1.30. The van der Waals surface area contributed by atoms with E-state index in [0.29, 0.717) is 18.5 Å². The molecule has 0 aromatic carbocycles. The van der Waals surface area contributed by atoms with Gasteiger partial charge in [-0.05, 0) is 25.7 Å². The van der Waals surface area contributed by atoms with Gasteiger partial charge in [0.15, 0.2) is 0 Å². The molecule has 72 valence electrons. The Balaban J connectivity index is 2.18. The molecule has 0 unspecified atom stereocenters. The largest absolute Gasteiger partial charge is 0.328 e. The standard InChI is InChI=1S/C7H16N2O2S/c1-2-12(10,11)9-5-6-3-7(8)4-6/h6-7,9H,2-5,8H2,1H3. The van der Waals surface area contributed by atoms with Crippen molar-refractivity contribution in [3.63, 3.8) is 0 Å². The maximum absolute atomic E-state index is 11.0. The van der Waals surface area contributed by atoms with E-state index in [1.165, 1.54) is 0 Å². The molecular formula is C7H16N2O2S. The SMILES string of the molecule is CCS(=O)(=O)NCC1CC(N)C1. The van der Waals surface area contributed by atoms with Crippen molar-refractivity contribution in [3.05, 3.63) is 0 Å². The van der Waals surface area contributed by atoms with E-state index in [9.17, 15) is 8.42 Å². The van der Waals surface area contributed by atoms with Crippen molar-refractivity contribution in [3.8, 4) is 0 Å². The minimum absolute atomic E-state index is 0.159. The number of nitrogens with two attached hydrogens (primary N) is 1. The number of hydrogen-bond acceptors (Lipinski definition) is 3. The molecule has 0 saturated heterocycles. The Morgan fingerprint density at radius 1 is 1.50 bits per heavy atom. The third-order valence-electron chi connectivity index (χ3n) is 2.24. The molecule has 1 saturated carbocycles. The van der Waals surface area contributed by atoms with E-state index in [2.05, 4.69) is 4.72 Å². The molecular weight excluding hydrogens is 176 g/mol. The fourth-order valence-corrected chi connectivity index (χ4v) is 1.99. The second kappa shape index (κ2) is 3.72. The van der Waals surface area contributed by atoms with Gasteiger partial charge >= 0.3 is 0 Å². The summed E-state index contributed by atoms with van der Waals surface area (Å²) in [6.07, 6.45) is 1.90. The smallest absolute Gasteiger partial charge is 0.211 e. The van der Waals surface area contributed by atoms with Crippen LogP contribution in [0.25, 0.3) is 0 Å². The average Bonchev–Trinajstić information content (AvgIpc) is 1.96. The highest BCUT2D eigenvalue weighted by atomic mass is 32.2. The van der Waals surface area contributed by atoms with Gasteiger partial charge in [-0.1, -0.05) is 0 Å². The van der Waals surface area contributed by atoms with Crippen LogP contribution in [0.2, 0.25) is 0 Å². The number of hydrogen-bond donors (Lipinski definition) is 2. The number of nitrogens with one attached hydrogen (secondary N) is 1. The van der Waals surface area contributed by atoms with Crippen LogP contribution >= 0.6 is 0 Å². The van der Waals surface area contributed by atoms with Crippen LogP contribution in [0.3, 0.4) is 0 Å². The molecule has 3 N–H and O–H groups in total. The molecule has 0 radical (unpaired) electrons. The molecule has 5 heteroatoms. The molecule has 1 rings (SSSR count). The highest BCUT2D eigenvalue weighted by Crippen LogP contribution is 2.24. The summed E-state index contributed by atoms with van der Waals surface area (Å²) < 4.78 is 24.5. The van der Waals surface area contributed by atoms with Crippen LogP contribution in [0, 0.1) is 5.92 Å². The third-order valence-corrected chi connectivity index (χ3v) is 3.61. The van der Waals surface area contributed by atoms with E-state index in [-0.39, 0.29) is 5.75 Å². The molecule has 0 spiro atoms. The summed E-state index contributed by atoms with van der Waals surface area (Å²) in [6, 6.07) is 0.293. The predicted octanol–water partition coefficient (Wildman–Crippen LogP) is -0.337. The van der Waals surface area contributed by atoms with Crippen molar-refractivity contribution in [2.45, 2.75) is 25.8 Å². The Kier molecular flexibility index (Phi) is 3.09. The summed E-state index contributed by atoms with van der Waals surface area (Å²) in [5, 5.41) is 0. The summed E-state index contributed by atoms with van der Waals surface area (Å²) in [7, 11) is -3.00. The third kappa shape index (κ3) is 2.73. The Bertz CT molecular complexity index is 232. The molecule has 0 heterocycles. The molecule has 0 amide bonds. The molecule has 1 fully saturated rings. The second-order valence-electron chi connectivity index (χ2n) is 3.35. The topological polar surface area (TPSA) is 72.2 Å². The molecule has 1 aliphatic rings. The lowest BCUT2D eigenvalue weighted by atomic mass is 9.81. The van der Waals surface area contributed by atoms with Crippen LogP contribution < -0.4 is 10.5 Å². The van der Waals surface area contributed by atoms with Crippen molar-refractivity contribution in [1.82, 2.24) is 4.72 Å². The minimum atomic E-state index is -3.00. The van der Waals surface area contributed by atoms with Crippen molar-refractivity contribution >= 4 is 10.0 Å². The first-order valence-electron chi connectivity index (χ1n) is 4.26. The molecule has 0 bridgehead atoms. The van der Waals surface area contributed by atoms with Gasteiger partial charge in [0.05, 0.1) is 5.75 Å². The first-order chi connectivity index (χ1) is 5.53. The quantitative estimate of drug-likeness (QED) is 0.640. The zero-order valence-electron chi connectivity index (χ0n) is 7.29. The molecule has 0 aliphatic heterocycles. The lowest BCUT2D eigenvalue weighted by molar-refractivity contribution is 0.267. The van der Waals surface area contributed by atoms with Gasteiger partial charge in [0.1, 0.15) is 0 Å². The van der Waals surface area contributed by atoms with Gasteiger partial charge in [0, 0.05) is 12.6 Å². The van der Waals surface area contributed by atoms with Crippen molar-refractivity contribution in [2.75, 3.05) is 12.3 Å². The molecule has 12 heavy (non-hydrogen) atoms. The normalized spacial score (nSPS) is 29.8. The molecule has 0 atom stereocenters. The van der Waals surface area contributed by atoms with Crippen molar-refractivity contribution in [1.29, 1.82) is 0 Å². The summed E-state index contributed by atoms with van der Waals surface area (Å²) in [6.45, 7) is 2.19. The van der Waals surface area contributed by atoms with Gasteiger partial charge in [-0.25, -0.2) is 13.1 Å². The monoisotopic (exact) mass is 192 g/mol. The van der Waals surface area contributed by atoms with E-state index in [1.807, 2.05) is 0 Å². The van der Waals surface area contributed by atoms with Crippen molar-refractivity contribution in [2.24, 2.45) is 11.7 Å². The van der Waals surface area contributed by atoms with Gasteiger partial charge in [0.2, 0.25) is 10.0 Å². The predicted molar refractivity (Wildman–Crippen MR) is 48.2 cm³/mol. The first-order valence-corrected chi connectivity index (χ1v) is 5.91. The molecule has 1 aliphatic carbocycles. The van der Waals surface area contributed by atoms with Crippen LogP contribution in [0.15, 0.2) is 0 Å². The molecule has 0 aromatic heterocycles. The lowest BCUT2D eigenvalue weighted by Gasteiger charge is -2.32. The van der Waals surface area contributed by atoms with Crippen LogP contribution in [-0.2, 0) is 10.0 Å². The average molecular weight is 192 g/mol. The Labute approximate surface area is 73.6 Å². The van der Waals surface area contributed by atoms with Crippen LogP contribution in [-0.4, -0.2) is 26.8 Å². The maximum Gasteiger partial charge on any atom is 0.211 e. The van der Waals surface area contributed by atoms with Crippen LogP contribution in [0.4, 0.5) is 0 Å². The fraction of sp³-hybridized carbons (Fsp3) is 1.00. The van der Waals surface area contributed by atoms with Gasteiger partial charge in [-0.3, -0.25) is 0 Å². The van der Waals surface area contributed by atoms with Crippen LogP contribution in [0.1, 0.15) is 19.8 Å². The van der Waals surface area contributed by atoms with E-state index in [1.54, 1.807) is 6.92 Å². The Hall–Kier alpha value is -0.130. The van der Waals surface area contributed by atoms with E-state index in [4.69, 9.17) is 5.73 Å². The van der Waals surface area contributed by atoms with Gasteiger partial charge in [-0.2, -0.15) is 0 Å². The number of sulfonamides is 1. The van der Waals surface area contributed by atoms with Crippen molar-refractivity contribution < 1.29 is 8.42 Å². The zero-order chi connectivity index (χ0) is 9.19. The summed E-state index contributed by atoms with van der Waals surface area (Å²) in [4.78, 5) is 0. The summed E-state index contributed by atoms with van der Waals surface area (Å²) >= 11 is 0. The lowest BCUT2D eigenvalue weighted by Crippen LogP contribution is -2.42. The minimum Gasteiger partial charge on any atom is -0.328 e. The highest BCUT2D eigenvalue weighted by molar-refractivity contribution is 7.89. The first kappa shape index (κ1) is 9.95. The summed E-state index contributed by atoms with van der Waals surface area (Å²) in [5.41, 5.74) is 5.56. The Morgan fingerprint density at radius 2 is 2.08 bits per heavy atom. The number of rotatable bonds is 4. The van der Waals surface area contributed by atoms with E-state index < -0.39 is 10.0 Å². The zero-order valence-corrected chi connectivity index (χ0v) is 8.10. The molecule has 4 nitrogen and oxygen atoms in total. The van der Waals surface area contributed by atoms with Crippen LogP contribution in [0.5, 0.6) is 0 Å². The van der Waals surface area contributed by atoms with E-state index in [0.717, 1.165) is 12.8 Å². The van der Waals surface area contributed by atoms with Gasteiger partial charge in [0.25, 0.3) is 0 Å². The van der Waals surface area contributed by atoms with Gasteiger partial charge < -0.3 is 5.73 Å². The molecule has 0 aromatic rings. The van der Waals surface area contributed by atoms with Gasteiger partial charge in [-0.15, -0.1) is 0 Å². The Morgan fingerprint density at radius 3 is 2.50 bits per heavy atom. The van der Waals surface area contributed by atoms with E-state index >= 15 is 0 Å². The summed E-state index contributed by atoms with van der Waals surface area (Å²) in [5.74, 6) is 0.618. The highest BCUT2D eigenvalue weighted by Gasteiger charge is 2.26. The second-order valence-corrected chi connectivity index (χ2v) is 5.44. The maximum atomic E-state index is 11.0.